The van der Waals surface area contributed by atoms with Crippen molar-refractivity contribution in [3.63, 3.8) is 0 Å². The summed E-state index contributed by atoms with van der Waals surface area (Å²) in [5.74, 6) is 1.03. The molecule has 0 aliphatic carbocycles. The van der Waals surface area contributed by atoms with E-state index in [2.05, 4.69) is 31.2 Å². The Bertz CT molecular complexity index is 368. The van der Waals surface area contributed by atoms with E-state index in [4.69, 9.17) is 10.5 Å². The SMILES string of the molecule is Nc1ncc(Br)c(NCCC2CCCCO2)n1. The first kappa shape index (κ1) is 12.6. The largest absolute Gasteiger partial charge is 0.378 e. The maximum absolute atomic E-state index is 5.66. The molecule has 2 heterocycles. The van der Waals surface area contributed by atoms with E-state index in [0.29, 0.717) is 6.10 Å². The first-order valence-corrected chi connectivity index (χ1v) is 6.68. The third-order valence-electron chi connectivity index (χ3n) is 2.80. The number of aromatic nitrogens is 2. The van der Waals surface area contributed by atoms with Crippen LogP contribution in [0.1, 0.15) is 25.7 Å². The Morgan fingerprint density at radius 3 is 3.18 bits per heavy atom. The van der Waals surface area contributed by atoms with Crippen molar-refractivity contribution in [2.75, 3.05) is 24.2 Å². The number of nitrogens with one attached hydrogen (secondary N) is 1. The molecular weight excluding hydrogens is 284 g/mol. The Morgan fingerprint density at radius 2 is 2.41 bits per heavy atom. The number of hydrogen-bond donors (Lipinski definition) is 2. The van der Waals surface area contributed by atoms with Crippen molar-refractivity contribution in [2.24, 2.45) is 0 Å². The van der Waals surface area contributed by atoms with Gasteiger partial charge in [0.2, 0.25) is 5.95 Å². The van der Waals surface area contributed by atoms with Crippen molar-refractivity contribution < 1.29 is 4.74 Å². The fourth-order valence-electron chi connectivity index (χ4n) is 1.89. The Balaban J connectivity index is 1.79. The molecule has 0 saturated carbocycles. The predicted octanol–water partition coefficient (Wildman–Crippen LogP) is 2.19. The molecule has 17 heavy (non-hydrogen) atoms. The molecule has 2 rings (SSSR count). The van der Waals surface area contributed by atoms with Crippen molar-refractivity contribution >= 4 is 27.7 Å². The summed E-state index contributed by atoms with van der Waals surface area (Å²) in [4.78, 5) is 8.02. The van der Waals surface area contributed by atoms with E-state index in [-0.39, 0.29) is 5.95 Å². The molecule has 3 N–H and O–H groups in total. The molecule has 0 bridgehead atoms. The minimum Gasteiger partial charge on any atom is -0.378 e. The molecule has 1 unspecified atom stereocenters. The minimum atomic E-state index is 0.282. The number of nitrogens with zero attached hydrogens (tertiary/aromatic N) is 2. The van der Waals surface area contributed by atoms with Crippen LogP contribution in [0.25, 0.3) is 0 Å². The second-order valence-electron chi connectivity index (χ2n) is 4.13. The Morgan fingerprint density at radius 1 is 1.53 bits per heavy atom. The van der Waals surface area contributed by atoms with E-state index in [0.717, 1.165) is 36.3 Å². The standard InChI is InChI=1S/C11H17BrN4O/c12-9-7-15-11(13)16-10(9)14-5-4-8-3-1-2-6-17-8/h7-8H,1-6H2,(H3,13,14,15,16). The van der Waals surface area contributed by atoms with Gasteiger partial charge in [0.25, 0.3) is 0 Å². The normalized spacial score (nSPS) is 20.2. The van der Waals surface area contributed by atoms with Crippen LogP contribution in [0.2, 0.25) is 0 Å². The molecule has 0 spiro atoms. The fourth-order valence-corrected chi connectivity index (χ4v) is 2.22. The third kappa shape index (κ3) is 3.81. The fraction of sp³-hybridized carbons (Fsp3) is 0.636. The molecular formula is C11H17BrN4O. The minimum absolute atomic E-state index is 0.282. The maximum atomic E-state index is 5.66. The van der Waals surface area contributed by atoms with Crippen molar-refractivity contribution in [3.8, 4) is 0 Å². The number of anilines is 2. The summed E-state index contributed by atoms with van der Waals surface area (Å²) in [6.07, 6.45) is 6.66. The van der Waals surface area contributed by atoms with Crippen molar-refractivity contribution in [1.82, 2.24) is 9.97 Å². The number of rotatable bonds is 4. The van der Waals surface area contributed by atoms with Crippen molar-refractivity contribution in [2.45, 2.75) is 31.8 Å². The second-order valence-corrected chi connectivity index (χ2v) is 4.98. The van der Waals surface area contributed by atoms with Gasteiger partial charge in [-0.05, 0) is 41.6 Å². The van der Waals surface area contributed by atoms with Gasteiger partial charge in [-0.25, -0.2) is 4.98 Å². The average Bonchev–Trinajstić information content (AvgIpc) is 2.35. The van der Waals surface area contributed by atoms with Gasteiger partial charge in [-0.2, -0.15) is 4.98 Å². The van der Waals surface area contributed by atoms with E-state index >= 15 is 0 Å². The summed E-state index contributed by atoms with van der Waals surface area (Å²) < 4.78 is 6.49. The lowest BCUT2D eigenvalue weighted by atomic mass is 10.1. The lowest BCUT2D eigenvalue weighted by Gasteiger charge is -2.22. The van der Waals surface area contributed by atoms with Crippen LogP contribution in [0, 0.1) is 0 Å². The predicted molar refractivity (Wildman–Crippen MR) is 70.8 cm³/mol. The van der Waals surface area contributed by atoms with Crippen molar-refractivity contribution in [1.29, 1.82) is 0 Å². The summed E-state index contributed by atoms with van der Waals surface area (Å²) in [5, 5.41) is 3.24. The van der Waals surface area contributed by atoms with E-state index in [1.165, 1.54) is 12.8 Å². The number of halogens is 1. The van der Waals surface area contributed by atoms with Gasteiger partial charge >= 0.3 is 0 Å². The zero-order chi connectivity index (χ0) is 12.1. The zero-order valence-electron chi connectivity index (χ0n) is 9.66. The molecule has 0 radical (unpaired) electrons. The molecule has 0 amide bonds. The van der Waals surface area contributed by atoms with Gasteiger partial charge in [0.1, 0.15) is 5.82 Å². The maximum Gasteiger partial charge on any atom is 0.221 e. The molecule has 1 aliphatic rings. The molecule has 1 aromatic heterocycles. The van der Waals surface area contributed by atoms with Gasteiger partial charge in [-0.3, -0.25) is 0 Å². The van der Waals surface area contributed by atoms with Crippen LogP contribution in [-0.2, 0) is 4.74 Å². The monoisotopic (exact) mass is 300 g/mol. The van der Waals surface area contributed by atoms with E-state index in [9.17, 15) is 0 Å². The van der Waals surface area contributed by atoms with Gasteiger partial charge in [-0.1, -0.05) is 0 Å². The third-order valence-corrected chi connectivity index (χ3v) is 3.38. The van der Waals surface area contributed by atoms with Gasteiger partial charge < -0.3 is 15.8 Å². The highest BCUT2D eigenvalue weighted by Gasteiger charge is 2.13. The Labute approximate surface area is 109 Å². The second kappa shape index (κ2) is 6.16. The quantitative estimate of drug-likeness (QED) is 0.892. The van der Waals surface area contributed by atoms with Crippen LogP contribution < -0.4 is 11.1 Å². The molecule has 1 aliphatic heterocycles. The lowest BCUT2D eigenvalue weighted by Crippen LogP contribution is -2.22. The van der Waals surface area contributed by atoms with E-state index in [1.54, 1.807) is 6.20 Å². The zero-order valence-corrected chi connectivity index (χ0v) is 11.2. The molecule has 94 valence electrons. The summed E-state index contributed by atoms with van der Waals surface area (Å²) in [7, 11) is 0. The van der Waals surface area contributed by atoms with Crippen LogP contribution in [0.5, 0.6) is 0 Å². The van der Waals surface area contributed by atoms with Crippen molar-refractivity contribution in [3.05, 3.63) is 10.7 Å². The number of ether oxygens (including phenoxy) is 1. The molecule has 1 aromatic rings. The summed E-state index contributed by atoms with van der Waals surface area (Å²) in [5.41, 5.74) is 5.53. The molecule has 5 nitrogen and oxygen atoms in total. The van der Waals surface area contributed by atoms with Gasteiger partial charge in [-0.15, -0.1) is 0 Å². The summed E-state index contributed by atoms with van der Waals surface area (Å²) in [6, 6.07) is 0. The molecule has 1 atom stereocenters. The smallest absolute Gasteiger partial charge is 0.221 e. The molecule has 6 heteroatoms. The Hall–Kier alpha value is -0.880. The number of nitrogens with two attached hydrogens (primary N) is 1. The van der Waals surface area contributed by atoms with Gasteiger partial charge in [0.05, 0.1) is 10.6 Å². The highest BCUT2D eigenvalue weighted by molar-refractivity contribution is 9.10. The van der Waals surface area contributed by atoms with Crippen LogP contribution in [-0.4, -0.2) is 29.2 Å². The Kier molecular flexibility index (Phi) is 4.56. The molecule has 1 fully saturated rings. The first-order chi connectivity index (χ1) is 8.25. The average molecular weight is 301 g/mol. The summed E-state index contributed by atoms with van der Waals surface area (Å²) in [6.45, 7) is 1.73. The highest BCUT2D eigenvalue weighted by atomic mass is 79.9. The summed E-state index contributed by atoms with van der Waals surface area (Å²) >= 11 is 3.38. The van der Waals surface area contributed by atoms with Crippen LogP contribution in [0.15, 0.2) is 10.7 Å². The van der Waals surface area contributed by atoms with Crippen LogP contribution in [0.4, 0.5) is 11.8 Å². The van der Waals surface area contributed by atoms with Gasteiger partial charge in [0, 0.05) is 19.3 Å². The number of hydrogen-bond acceptors (Lipinski definition) is 5. The van der Waals surface area contributed by atoms with Gasteiger partial charge in [0.15, 0.2) is 0 Å². The topological polar surface area (TPSA) is 73.1 Å². The number of nitrogen functional groups attached to an aromatic ring is 1. The first-order valence-electron chi connectivity index (χ1n) is 5.89. The van der Waals surface area contributed by atoms with E-state index < -0.39 is 0 Å². The lowest BCUT2D eigenvalue weighted by molar-refractivity contribution is 0.0134. The van der Waals surface area contributed by atoms with Crippen LogP contribution >= 0.6 is 15.9 Å². The van der Waals surface area contributed by atoms with E-state index in [1.807, 2.05) is 0 Å². The highest BCUT2D eigenvalue weighted by Crippen LogP contribution is 2.20. The molecule has 0 aromatic carbocycles. The molecule has 1 saturated heterocycles. The van der Waals surface area contributed by atoms with Crippen LogP contribution in [0.3, 0.4) is 0 Å².